The molecule has 0 unspecified atom stereocenters. The molecule has 55 heavy (non-hydrogen) atoms. The molecular formula is C46H25F3N4O2. The van der Waals surface area contributed by atoms with Gasteiger partial charge >= 0.3 is 6.18 Å². The zero-order valence-corrected chi connectivity index (χ0v) is 28.7. The lowest BCUT2D eigenvalue weighted by Gasteiger charge is -2.18. The number of aromatic nitrogens is 4. The van der Waals surface area contributed by atoms with Crippen LogP contribution >= 0.6 is 0 Å². The monoisotopic (exact) mass is 722 g/mol. The van der Waals surface area contributed by atoms with E-state index in [0.717, 1.165) is 27.6 Å². The van der Waals surface area contributed by atoms with Crippen molar-refractivity contribution in [2.24, 2.45) is 0 Å². The van der Waals surface area contributed by atoms with E-state index in [1.165, 1.54) is 0 Å². The summed E-state index contributed by atoms with van der Waals surface area (Å²) in [5, 5.41) is 4.27. The molecule has 262 valence electrons. The number of fused-ring (bicyclic) bond motifs is 10. The fraction of sp³-hybridized carbons (Fsp3) is 0.0217. The molecule has 0 aliphatic carbocycles. The molecule has 0 saturated heterocycles. The maximum atomic E-state index is 16.0. The molecule has 7 aromatic carbocycles. The standard InChI is InChI=1S/C46H25F3N4O2/c47-46(48,49)34-25-33(45-51-43(26-13-3-1-4-14-26)50-44(52-45)27-15-5-2-6-16-27)38-32-19-9-12-22-37(32)55-42(38)40(34)53-35-20-10-7-17-28(35)30-23-24-31-29-18-8-11-21-36(29)54-41(31)39(30)53/h1-25H. The van der Waals surface area contributed by atoms with E-state index in [0.29, 0.717) is 61.3 Å². The van der Waals surface area contributed by atoms with Crippen LogP contribution in [0.25, 0.3) is 106 Å². The van der Waals surface area contributed by atoms with Crippen molar-refractivity contribution in [3.63, 3.8) is 0 Å². The van der Waals surface area contributed by atoms with Crippen LogP contribution in [0.1, 0.15) is 5.56 Å². The Labute approximate surface area is 309 Å². The van der Waals surface area contributed by atoms with Gasteiger partial charge in [-0.3, -0.25) is 0 Å². The molecule has 4 heterocycles. The normalized spacial score (nSPS) is 12.3. The van der Waals surface area contributed by atoms with Crippen LogP contribution in [0.5, 0.6) is 0 Å². The van der Waals surface area contributed by atoms with Crippen molar-refractivity contribution in [1.82, 2.24) is 19.5 Å². The number of para-hydroxylation sites is 3. The van der Waals surface area contributed by atoms with Gasteiger partial charge in [0.05, 0.1) is 16.6 Å². The van der Waals surface area contributed by atoms with E-state index in [1.807, 2.05) is 133 Å². The summed E-state index contributed by atoms with van der Waals surface area (Å²) in [6.45, 7) is 0. The molecule has 0 aliphatic heterocycles. The molecule has 0 spiro atoms. The highest BCUT2D eigenvalue weighted by atomic mass is 19.4. The summed E-state index contributed by atoms with van der Waals surface area (Å²) in [6.07, 6.45) is -4.84. The second-order valence-electron chi connectivity index (χ2n) is 13.4. The minimum atomic E-state index is -4.84. The molecule has 0 saturated carbocycles. The van der Waals surface area contributed by atoms with Crippen molar-refractivity contribution in [2.45, 2.75) is 6.18 Å². The van der Waals surface area contributed by atoms with Gasteiger partial charge in [-0.15, -0.1) is 0 Å². The van der Waals surface area contributed by atoms with Crippen LogP contribution in [-0.4, -0.2) is 19.5 Å². The fourth-order valence-corrected chi connectivity index (χ4v) is 7.89. The predicted octanol–water partition coefficient (Wildman–Crippen LogP) is 12.8. The first-order valence-corrected chi connectivity index (χ1v) is 17.7. The van der Waals surface area contributed by atoms with Crippen molar-refractivity contribution in [1.29, 1.82) is 0 Å². The second-order valence-corrected chi connectivity index (χ2v) is 13.4. The fourth-order valence-electron chi connectivity index (χ4n) is 7.89. The Kier molecular flexibility index (Phi) is 6.61. The van der Waals surface area contributed by atoms with E-state index in [1.54, 1.807) is 16.7 Å². The average Bonchev–Trinajstić information content (AvgIpc) is 3.90. The molecule has 0 N–H and O–H groups in total. The van der Waals surface area contributed by atoms with Crippen molar-refractivity contribution in [3.05, 3.63) is 157 Å². The van der Waals surface area contributed by atoms with Gasteiger partial charge in [0, 0.05) is 49.0 Å². The summed E-state index contributed by atoms with van der Waals surface area (Å²) in [5.74, 6) is 0.749. The van der Waals surface area contributed by atoms with Gasteiger partial charge in [-0.1, -0.05) is 121 Å². The predicted molar refractivity (Wildman–Crippen MR) is 210 cm³/mol. The van der Waals surface area contributed by atoms with Crippen LogP contribution in [0.4, 0.5) is 13.2 Å². The summed E-state index contributed by atoms with van der Waals surface area (Å²) in [4.78, 5) is 14.5. The van der Waals surface area contributed by atoms with Gasteiger partial charge in [-0.05, 0) is 30.3 Å². The largest absolute Gasteiger partial charge is 0.454 e. The van der Waals surface area contributed by atoms with E-state index < -0.39 is 11.7 Å². The zero-order chi connectivity index (χ0) is 36.8. The lowest BCUT2D eigenvalue weighted by Crippen LogP contribution is -2.12. The molecule has 6 nitrogen and oxygen atoms in total. The number of nitrogens with zero attached hydrogens (tertiary/aromatic N) is 4. The van der Waals surface area contributed by atoms with Crippen LogP contribution < -0.4 is 0 Å². The maximum absolute atomic E-state index is 16.0. The summed E-state index contributed by atoms with van der Waals surface area (Å²) in [5.41, 5.74) is 3.18. The molecule has 0 atom stereocenters. The first-order valence-electron chi connectivity index (χ1n) is 17.7. The van der Waals surface area contributed by atoms with Gasteiger partial charge < -0.3 is 13.4 Å². The first kappa shape index (κ1) is 31.3. The topological polar surface area (TPSA) is 69.9 Å². The van der Waals surface area contributed by atoms with Crippen LogP contribution in [0.2, 0.25) is 0 Å². The number of alkyl halides is 3. The SMILES string of the molecule is FC(F)(F)c1cc(-c2nc(-c3ccccc3)nc(-c3ccccc3)n2)c2c(oc3ccccc32)c1-n1c2ccccc2c2ccc3c4ccccc4oc3c21. The van der Waals surface area contributed by atoms with Gasteiger partial charge in [0.2, 0.25) is 0 Å². The zero-order valence-electron chi connectivity index (χ0n) is 28.7. The van der Waals surface area contributed by atoms with Crippen LogP contribution in [0.3, 0.4) is 0 Å². The summed E-state index contributed by atoms with van der Waals surface area (Å²) >= 11 is 0. The van der Waals surface area contributed by atoms with E-state index in [9.17, 15) is 0 Å². The van der Waals surface area contributed by atoms with Gasteiger partial charge in [0.25, 0.3) is 0 Å². The lowest BCUT2D eigenvalue weighted by molar-refractivity contribution is -0.137. The maximum Gasteiger partial charge on any atom is 0.418 e. The quantitative estimate of drug-likeness (QED) is 0.181. The minimum Gasteiger partial charge on any atom is -0.454 e. The van der Waals surface area contributed by atoms with E-state index in [-0.39, 0.29) is 22.7 Å². The molecule has 9 heteroatoms. The second kappa shape index (κ2) is 11.6. The molecule has 11 aromatic rings. The third-order valence-corrected chi connectivity index (χ3v) is 10.3. The average molecular weight is 723 g/mol. The molecule has 4 aromatic heterocycles. The third-order valence-electron chi connectivity index (χ3n) is 10.3. The number of hydrogen-bond acceptors (Lipinski definition) is 5. The molecule has 0 bridgehead atoms. The van der Waals surface area contributed by atoms with E-state index in [4.69, 9.17) is 23.8 Å². The van der Waals surface area contributed by atoms with Gasteiger partial charge in [-0.2, -0.15) is 13.2 Å². The molecular weight excluding hydrogens is 698 g/mol. The number of rotatable bonds is 4. The number of hydrogen-bond donors (Lipinski definition) is 0. The third kappa shape index (κ3) is 4.72. The van der Waals surface area contributed by atoms with Crippen LogP contribution in [0.15, 0.2) is 160 Å². The van der Waals surface area contributed by atoms with Crippen LogP contribution in [0, 0.1) is 0 Å². The van der Waals surface area contributed by atoms with Gasteiger partial charge in [-0.25, -0.2) is 15.0 Å². The smallest absolute Gasteiger partial charge is 0.418 e. The van der Waals surface area contributed by atoms with Crippen molar-refractivity contribution in [2.75, 3.05) is 0 Å². The Morgan fingerprint density at radius 1 is 0.473 bits per heavy atom. The summed E-state index contributed by atoms with van der Waals surface area (Å²) in [6, 6.07) is 46.1. The first-order chi connectivity index (χ1) is 26.9. The molecule has 0 amide bonds. The number of halogens is 3. The van der Waals surface area contributed by atoms with Crippen molar-refractivity contribution < 1.29 is 22.0 Å². The van der Waals surface area contributed by atoms with Crippen LogP contribution in [-0.2, 0) is 6.18 Å². The Balaban J connectivity index is 1.32. The van der Waals surface area contributed by atoms with E-state index in [2.05, 4.69) is 0 Å². The highest BCUT2D eigenvalue weighted by Crippen LogP contribution is 2.49. The van der Waals surface area contributed by atoms with E-state index >= 15 is 13.2 Å². The Bertz CT molecular complexity index is 3250. The number of benzene rings is 7. The van der Waals surface area contributed by atoms with Gasteiger partial charge in [0.1, 0.15) is 16.9 Å². The lowest BCUT2D eigenvalue weighted by atomic mass is 9.99. The highest BCUT2D eigenvalue weighted by Gasteiger charge is 2.39. The molecule has 11 rings (SSSR count). The Morgan fingerprint density at radius 2 is 1.00 bits per heavy atom. The summed E-state index contributed by atoms with van der Waals surface area (Å²) in [7, 11) is 0. The van der Waals surface area contributed by atoms with Crippen molar-refractivity contribution in [3.8, 4) is 39.9 Å². The highest BCUT2D eigenvalue weighted by molar-refractivity contribution is 6.23. The molecule has 0 aliphatic rings. The number of furan rings is 2. The minimum absolute atomic E-state index is 0.0460. The van der Waals surface area contributed by atoms with Gasteiger partial charge in [0.15, 0.2) is 28.6 Å². The molecule has 0 fully saturated rings. The Morgan fingerprint density at radius 3 is 1.67 bits per heavy atom. The Hall–Kier alpha value is -7.26. The molecule has 0 radical (unpaired) electrons. The van der Waals surface area contributed by atoms with Crippen molar-refractivity contribution >= 4 is 65.7 Å². The summed E-state index contributed by atoms with van der Waals surface area (Å²) < 4.78 is 62.6.